The maximum Gasteiger partial charge on any atom is 0.233 e. The highest BCUT2D eigenvalue weighted by atomic mass is 16.2. The van der Waals surface area contributed by atoms with E-state index in [4.69, 9.17) is 0 Å². The van der Waals surface area contributed by atoms with Crippen LogP contribution in [0.3, 0.4) is 0 Å². The molecule has 15 heavy (non-hydrogen) atoms. The molecule has 5 nitrogen and oxygen atoms in total. The summed E-state index contributed by atoms with van der Waals surface area (Å²) in [5, 5.41) is 5.60. The number of carbonyl (C=O) groups excluding carboxylic acids is 2. The van der Waals surface area contributed by atoms with Crippen molar-refractivity contribution in [3.8, 4) is 0 Å². The zero-order valence-electron chi connectivity index (χ0n) is 9.38. The van der Waals surface area contributed by atoms with Crippen LogP contribution >= 0.6 is 0 Å². The van der Waals surface area contributed by atoms with Crippen molar-refractivity contribution >= 4 is 11.8 Å². The zero-order valence-corrected chi connectivity index (χ0v) is 9.38. The number of carbonyl (C=O) groups is 2. The molecule has 0 bridgehead atoms. The van der Waals surface area contributed by atoms with Gasteiger partial charge in [0, 0.05) is 27.1 Å². The van der Waals surface area contributed by atoms with E-state index in [2.05, 4.69) is 10.6 Å². The predicted molar refractivity (Wildman–Crippen MR) is 57.3 cm³/mol. The van der Waals surface area contributed by atoms with Gasteiger partial charge in [0.15, 0.2) is 0 Å². The van der Waals surface area contributed by atoms with Gasteiger partial charge in [-0.05, 0) is 18.9 Å². The van der Waals surface area contributed by atoms with Crippen LogP contribution in [-0.2, 0) is 9.59 Å². The van der Waals surface area contributed by atoms with Gasteiger partial charge in [-0.2, -0.15) is 0 Å². The van der Waals surface area contributed by atoms with Gasteiger partial charge in [-0.1, -0.05) is 0 Å². The molecule has 86 valence electrons. The van der Waals surface area contributed by atoms with Crippen molar-refractivity contribution in [2.45, 2.75) is 12.8 Å². The van der Waals surface area contributed by atoms with Crippen LogP contribution in [0.5, 0.6) is 0 Å². The van der Waals surface area contributed by atoms with Crippen molar-refractivity contribution in [2.24, 2.45) is 5.92 Å². The number of likely N-dealkylation sites (tertiary alicyclic amines) is 1. The minimum atomic E-state index is -0.0192. The molecule has 0 aliphatic carbocycles. The summed E-state index contributed by atoms with van der Waals surface area (Å²) >= 11 is 0. The summed E-state index contributed by atoms with van der Waals surface area (Å²) in [5.74, 6) is 0.556. The smallest absolute Gasteiger partial charge is 0.233 e. The number of likely N-dealkylation sites (N-methyl/N-ethyl adjacent to an activating group) is 1. The van der Waals surface area contributed by atoms with Crippen molar-refractivity contribution in [1.29, 1.82) is 0 Å². The Balaban J connectivity index is 2.17. The highest BCUT2D eigenvalue weighted by Crippen LogP contribution is 2.15. The van der Waals surface area contributed by atoms with E-state index in [-0.39, 0.29) is 11.8 Å². The van der Waals surface area contributed by atoms with Crippen LogP contribution < -0.4 is 10.6 Å². The van der Waals surface area contributed by atoms with Crippen molar-refractivity contribution in [2.75, 3.05) is 33.7 Å². The molecule has 0 aromatic rings. The quantitative estimate of drug-likeness (QED) is 0.642. The molecule has 1 aliphatic rings. The molecule has 0 spiro atoms. The second-order valence-corrected chi connectivity index (χ2v) is 3.98. The van der Waals surface area contributed by atoms with Crippen LogP contribution in [0.25, 0.3) is 0 Å². The summed E-state index contributed by atoms with van der Waals surface area (Å²) in [5.41, 5.74) is 0. The Labute approximate surface area is 90.2 Å². The van der Waals surface area contributed by atoms with E-state index in [9.17, 15) is 9.59 Å². The van der Waals surface area contributed by atoms with E-state index < -0.39 is 0 Å². The lowest BCUT2D eigenvalue weighted by molar-refractivity contribution is -0.133. The molecule has 0 aromatic carbocycles. The highest BCUT2D eigenvalue weighted by Gasteiger charge is 2.22. The van der Waals surface area contributed by atoms with Gasteiger partial charge in [-0.25, -0.2) is 0 Å². The van der Waals surface area contributed by atoms with Gasteiger partial charge >= 0.3 is 0 Å². The van der Waals surface area contributed by atoms with Crippen LogP contribution in [0.1, 0.15) is 12.8 Å². The van der Waals surface area contributed by atoms with Crippen LogP contribution in [0.4, 0.5) is 0 Å². The largest absolute Gasteiger partial charge is 0.358 e. The first-order valence-electron chi connectivity index (χ1n) is 5.28. The van der Waals surface area contributed by atoms with Crippen LogP contribution in [0.15, 0.2) is 0 Å². The SMILES string of the molecule is CNC(=O)CNCC1CCN(C)C(=O)C1. The zero-order chi connectivity index (χ0) is 11.3. The number of nitrogens with one attached hydrogen (secondary N) is 2. The average molecular weight is 213 g/mol. The Morgan fingerprint density at radius 3 is 2.93 bits per heavy atom. The molecule has 0 aromatic heterocycles. The van der Waals surface area contributed by atoms with E-state index in [0.717, 1.165) is 19.5 Å². The summed E-state index contributed by atoms with van der Waals surface area (Å²) in [4.78, 5) is 24.1. The maximum atomic E-state index is 11.4. The van der Waals surface area contributed by atoms with E-state index in [1.54, 1.807) is 11.9 Å². The van der Waals surface area contributed by atoms with Gasteiger partial charge in [0.05, 0.1) is 6.54 Å². The summed E-state index contributed by atoms with van der Waals surface area (Å²) in [6, 6.07) is 0. The van der Waals surface area contributed by atoms with Crippen molar-refractivity contribution < 1.29 is 9.59 Å². The van der Waals surface area contributed by atoms with Crippen LogP contribution in [-0.4, -0.2) is 50.4 Å². The summed E-state index contributed by atoms with van der Waals surface area (Å²) in [6.45, 7) is 1.90. The van der Waals surface area contributed by atoms with Gasteiger partial charge in [0.2, 0.25) is 11.8 Å². The summed E-state index contributed by atoms with van der Waals surface area (Å²) < 4.78 is 0. The molecule has 2 N–H and O–H groups in total. The van der Waals surface area contributed by atoms with Gasteiger partial charge in [-0.15, -0.1) is 0 Å². The third-order valence-electron chi connectivity index (χ3n) is 2.76. The lowest BCUT2D eigenvalue weighted by atomic mass is 9.96. The number of hydrogen-bond acceptors (Lipinski definition) is 3. The topological polar surface area (TPSA) is 61.4 Å². The van der Waals surface area contributed by atoms with Crippen molar-refractivity contribution in [3.05, 3.63) is 0 Å². The molecule has 0 radical (unpaired) electrons. The molecule has 1 heterocycles. The Bertz CT molecular complexity index is 243. The predicted octanol–water partition coefficient (Wildman–Crippen LogP) is -0.810. The number of amides is 2. The monoisotopic (exact) mass is 213 g/mol. The first-order valence-corrected chi connectivity index (χ1v) is 5.28. The second kappa shape index (κ2) is 5.70. The lowest BCUT2D eigenvalue weighted by Crippen LogP contribution is -2.40. The van der Waals surface area contributed by atoms with E-state index >= 15 is 0 Å². The van der Waals surface area contributed by atoms with Gasteiger partial charge < -0.3 is 15.5 Å². The molecule has 1 unspecified atom stereocenters. The first kappa shape index (κ1) is 12.0. The van der Waals surface area contributed by atoms with Gasteiger partial charge in [0.1, 0.15) is 0 Å². The van der Waals surface area contributed by atoms with Gasteiger partial charge in [-0.3, -0.25) is 9.59 Å². The second-order valence-electron chi connectivity index (χ2n) is 3.98. The third-order valence-corrected chi connectivity index (χ3v) is 2.76. The van der Waals surface area contributed by atoms with E-state index in [1.807, 2.05) is 7.05 Å². The number of nitrogens with zero attached hydrogens (tertiary/aromatic N) is 1. The van der Waals surface area contributed by atoms with Crippen molar-refractivity contribution in [3.63, 3.8) is 0 Å². The molecule has 1 atom stereocenters. The fourth-order valence-electron chi connectivity index (χ4n) is 1.66. The Morgan fingerprint density at radius 2 is 2.33 bits per heavy atom. The third kappa shape index (κ3) is 3.87. The summed E-state index contributed by atoms with van der Waals surface area (Å²) in [7, 11) is 3.44. The molecule has 1 fully saturated rings. The highest BCUT2D eigenvalue weighted by molar-refractivity contribution is 5.78. The molecule has 1 saturated heterocycles. The fourth-order valence-corrected chi connectivity index (χ4v) is 1.66. The Morgan fingerprint density at radius 1 is 1.60 bits per heavy atom. The average Bonchev–Trinajstić information content (AvgIpc) is 2.23. The van der Waals surface area contributed by atoms with Crippen molar-refractivity contribution in [1.82, 2.24) is 15.5 Å². The number of piperidine rings is 1. The molecular weight excluding hydrogens is 194 g/mol. The minimum absolute atomic E-state index is 0.0192. The molecule has 0 saturated carbocycles. The molecular formula is C10H19N3O2. The lowest BCUT2D eigenvalue weighted by Gasteiger charge is -2.28. The van der Waals surface area contributed by atoms with Crippen LogP contribution in [0, 0.1) is 5.92 Å². The van der Waals surface area contributed by atoms with Gasteiger partial charge in [0.25, 0.3) is 0 Å². The fraction of sp³-hybridized carbons (Fsp3) is 0.800. The standard InChI is InChI=1S/C10H19N3O2/c1-11-9(14)7-12-6-8-3-4-13(2)10(15)5-8/h8,12H,3-7H2,1-2H3,(H,11,14). The molecule has 1 aliphatic heterocycles. The minimum Gasteiger partial charge on any atom is -0.358 e. The molecule has 5 heteroatoms. The maximum absolute atomic E-state index is 11.4. The molecule has 2 amide bonds. The normalized spacial score (nSPS) is 21.6. The first-order chi connectivity index (χ1) is 7.13. The Hall–Kier alpha value is -1.10. The number of rotatable bonds is 4. The Kier molecular flexibility index (Phi) is 4.55. The van der Waals surface area contributed by atoms with E-state index in [1.165, 1.54) is 0 Å². The summed E-state index contributed by atoms with van der Waals surface area (Å²) in [6.07, 6.45) is 1.61. The van der Waals surface area contributed by atoms with E-state index in [0.29, 0.717) is 18.9 Å². The number of hydrogen-bond donors (Lipinski definition) is 2. The molecule has 1 rings (SSSR count). The van der Waals surface area contributed by atoms with Crippen LogP contribution in [0.2, 0.25) is 0 Å².